The van der Waals surface area contributed by atoms with Crippen molar-refractivity contribution >= 4 is 6.03 Å². The van der Waals surface area contributed by atoms with Gasteiger partial charge in [-0.2, -0.15) is 4.98 Å². The molecule has 2 amide bonds. The molecule has 0 saturated carbocycles. The maximum atomic E-state index is 12.0. The van der Waals surface area contributed by atoms with Gasteiger partial charge in [0.1, 0.15) is 11.5 Å². The van der Waals surface area contributed by atoms with Crippen LogP contribution < -0.4 is 10.1 Å². The third-order valence-corrected chi connectivity index (χ3v) is 3.87. The van der Waals surface area contributed by atoms with Crippen LogP contribution in [0.5, 0.6) is 5.75 Å². The number of rotatable bonds is 8. The number of hydrogen-bond acceptors (Lipinski definition) is 6. The second kappa shape index (κ2) is 8.88. The number of benzene rings is 1. The Balaban J connectivity index is 1.41. The highest BCUT2D eigenvalue weighted by atomic mass is 16.5. The molecule has 2 heterocycles. The Morgan fingerprint density at radius 1 is 1.30 bits per heavy atom. The van der Waals surface area contributed by atoms with Crippen LogP contribution in [0.15, 0.2) is 51.6 Å². The predicted octanol–water partition coefficient (Wildman–Crippen LogP) is 2.93. The van der Waals surface area contributed by atoms with E-state index < -0.39 is 0 Å². The van der Waals surface area contributed by atoms with Gasteiger partial charge in [-0.3, -0.25) is 0 Å². The molecule has 0 aliphatic rings. The number of carbonyl (C=O) groups excluding carboxylic acids is 1. The molecule has 3 rings (SSSR count). The van der Waals surface area contributed by atoms with Gasteiger partial charge in [-0.15, -0.1) is 0 Å². The monoisotopic (exact) mass is 370 g/mol. The number of urea groups is 1. The molecule has 27 heavy (non-hydrogen) atoms. The average molecular weight is 370 g/mol. The van der Waals surface area contributed by atoms with Crippen molar-refractivity contribution in [2.75, 3.05) is 13.6 Å². The van der Waals surface area contributed by atoms with Gasteiger partial charge < -0.3 is 23.9 Å². The van der Waals surface area contributed by atoms with Gasteiger partial charge in [-0.25, -0.2) is 4.79 Å². The van der Waals surface area contributed by atoms with Crippen molar-refractivity contribution in [1.29, 1.82) is 0 Å². The SMILES string of the molecule is Cc1cccc(OCc2nc(CCN(C)C(=O)NCc3ccco3)no2)c1. The van der Waals surface area contributed by atoms with Gasteiger partial charge in [0.15, 0.2) is 12.4 Å². The summed E-state index contributed by atoms with van der Waals surface area (Å²) in [5.74, 6) is 2.39. The van der Waals surface area contributed by atoms with Crippen molar-refractivity contribution < 1.29 is 18.5 Å². The van der Waals surface area contributed by atoms with Crippen LogP contribution in [0.1, 0.15) is 23.0 Å². The van der Waals surface area contributed by atoms with Crippen LogP contribution in [0.25, 0.3) is 0 Å². The molecule has 3 aromatic rings. The molecular formula is C19H22N4O4. The van der Waals surface area contributed by atoms with E-state index in [1.54, 1.807) is 30.3 Å². The van der Waals surface area contributed by atoms with E-state index in [-0.39, 0.29) is 12.6 Å². The summed E-state index contributed by atoms with van der Waals surface area (Å²) in [4.78, 5) is 17.9. The zero-order valence-corrected chi connectivity index (χ0v) is 15.3. The molecule has 1 N–H and O–H groups in total. The van der Waals surface area contributed by atoms with Crippen molar-refractivity contribution in [2.45, 2.75) is 26.5 Å². The summed E-state index contributed by atoms with van der Waals surface area (Å²) in [6, 6.07) is 11.1. The van der Waals surface area contributed by atoms with Gasteiger partial charge in [0.2, 0.25) is 0 Å². The number of likely N-dealkylation sites (N-methyl/N-ethyl adjacent to an activating group) is 1. The normalized spacial score (nSPS) is 10.6. The maximum absolute atomic E-state index is 12.0. The maximum Gasteiger partial charge on any atom is 0.317 e. The minimum atomic E-state index is -0.196. The van der Waals surface area contributed by atoms with E-state index in [9.17, 15) is 4.79 Å². The number of aromatic nitrogens is 2. The number of ether oxygens (including phenoxy) is 1. The van der Waals surface area contributed by atoms with Crippen molar-refractivity contribution in [3.8, 4) is 5.75 Å². The average Bonchev–Trinajstić information content (AvgIpc) is 3.34. The van der Waals surface area contributed by atoms with E-state index in [2.05, 4.69) is 15.5 Å². The standard InChI is InChI=1S/C19H22N4O4/c1-14-5-3-6-15(11-14)26-13-18-21-17(22-27-18)8-9-23(2)19(24)20-12-16-7-4-10-25-16/h3-7,10-11H,8-9,12-13H2,1-2H3,(H,20,24). The van der Waals surface area contributed by atoms with E-state index in [1.165, 1.54) is 0 Å². The van der Waals surface area contributed by atoms with Crippen LogP contribution in [-0.4, -0.2) is 34.7 Å². The first-order chi connectivity index (χ1) is 13.1. The summed E-state index contributed by atoms with van der Waals surface area (Å²) in [5, 5.41) is 6.70. The lowest BCUT2D eigenvalue weighted by Gasteiger charge is -2.16. The minimum absolute atomic E-state index is 0.196. The molecule has 0 aliphatic carbocycles. The van der Waals surface area contributed by atoms with Crippen molar-refractivity contribution in [3.05, 3.63) is 65.7 Å². The highest BCUT2D eigenvalue weighted by molar-refractivity contribution is 5.73. The van der Waals surface area contributed by atoms with Gasteiger partial charge in [0, 0.05) is 20.0 Å². The zero-order valence-electron chi connectivity index (χ0n) is 15.3. The van der Waals surface area contributed by atoms with E-state index in [1.807, 2.05) is 31.2 Å². The lowest BCUT2D eigenvalue weighted by atomic mass is 10.2. The van der Waals surface area contributed by atoms with Gasteiger partial charge >= 0.3 is 6.03 Å². The number of nitrogens with zero attached hydrogens (tertiary/aromatic N) is 3. The molecule has 0 fully saturated rings. The number of carbonyl (C=O) groups is 1. The second-order valence-electron chi connectivity index (χ2n) is 6.12. The summed E-state index contributed by atoms with van der Waals surface area (Å²) in [5.41, 5.74) is 1.12. The number of furan rings is 1. The third kappa shape index (κ3) is 5.60. The number of amides is 2. The zero-order chi connectivity index (χ0) is 19.1. The Morgan fingerprint density at radius 2 is 2.19 bits per heavy atom. The highest BCUT2D eigenvalue weighted by Crippen LogP contribution is 2.14. The van der Waals surface area contributed by atoms with E-state index in [4.69, 9.17) is 13.7 Å². The third-order valence-electron chi connectivity index (χ3n) is 3.87. The van der Waals surface area contributed by atoms with Crippen LogP contribution in [-0.2, 0) is 19.6 Å². The Hall–Kier alpha value is -3.29. The summed E-state index contributed by atoms with van der Waals surface area (Å²) in [7, 11) is 1.71. The molecule has 0 unspecified atom stereocenters. The summed E-state index contributed by atoms with van der Waals surface area (Å²) >= 11 is 0. The Kier molecular flexibility index (Phi) is 6.09. The van der Waals surface area contributed by atoms with Crippen LogP contribution in [0.2, 0.25) is 0 Å². The van der Waals surface area contributed by atoms with Crippen molar-refractivity contribution in [2.24, 2.45) is 0 Å². The first-order valence-electron chi connectivity index (χ1n) is 8.62. The molecule has 0 aliphatic heterocycles. The van der Waals surface area contributed by atoms with Crippen molar-refractivity contribution in [1.82, 2.24) is 20.4 Å². The van der Waals surface area contributed by atoms with Crippen LogP contribution in [0.4, 0.5) is 4.79 Å². The van der Waals surface area contributed by atoms with E-state index in [0.29, 0.717) is 37.0 Å². The van der Waals surface area contributed by atoms with Gasteiger partial charge in [0.25, 0.3) is 5.89 Å². The topological polar surface area (TPSA) is 93.6 Å². The molecule has 8 nitrogen and oxygen atoms in total. The van der Waals surface area contributed by atoms with Gasteiger partial charge in [-0.1, -0.05) is 17.3 Å². The lowest BCUT2D eigenvalue weighted by molar-refractivity contribution is 0.207. The molecule has 2 aromatic heterocycles. The Morgan fingerprint density at radius 3 is 2.96 bits per heavy atom. The van der Waals surface area contributed by atoms with Crippen LogP contribution in [0.3, 0.4) is 0 Å². The second-order valence-corrected chi connectivity index (χ2v) is 6.12. The quantitative estimate of drug-likeness (QED) is 0.655. The largest absolute Gasteiger partial charge is 0.484 e. The number of aryl methyl sites for hydroxylation is 1. The molecule has 1 aromatic carbocycles. The fraction of sp³-hybridized carbons (Fsp3) is 0.316. The van der Waals surface area contributed by atoms with Gasteiger partial charge in [-0.05, 0) is 36.8 Å². The Labute approximate surface area is 157 Å². The van der Waals surface area contributed by atoms with E-state index in [0.717, 1.165) is 11.3 Å². The summed E-state index contributed by atoms with van der Waals surface area (Å²) in [6.07, 6.45) is 2.06. The number of nitrogens with one attached hydrogen (secondary N) is 1. The van der Waals surface area contributed by atoms with Crippen molar-refractivity contribution in [3.63, 3.8) is 0 Å². The fourth-order valence-corrected chi connectivity index (χ4v) is 2.38. The molecular weight excluding hydrogens is 348 g/mol. The van der Waals surface area contributed by atoms with E-state index >= 15 is 0 Å². The lowest BCUT2D eigenvalue weighted by Crippen LogP contribution is -2.38. The molecule has 0 atom stereocenters. The first kappa shape index (κ1) is 18.5. The first-order valence-corrected chi connectivity index (χ1v) is 8.62. The van der Waals surface area contributed by atoms with Crippen LogP contribution in [0, 0.1) is 6.92 Å². The smallest absolute Gasteiger partial charge is 0.317 e. The molecule has 0 bridgehead atoms. The van der Waals surface area contributed by atoms with Gasteiger partial charge in [0.05, 0.1) is 12.8 Å². The molecule has 8 heteroatoms. The molecule has 142 valence electrons. The fourth-order valence-electron chi connectivity index (χ4n) is 2.38. The highest BCUT2D eigenvalue weighted by Gasteiger charge is 2.12. The molecule has 0 spiro atoms. The molecule has 0 radical (unpaired) electrons. The number of hydrogen-bond donors (Lipinski definition) is 1. The van der Waals surface area contributed by atoms with Crippen LogP contribution >= 0.6 is 0 Å². The summed E-state index contributed by atoms with van der Waals surface area (Å²) in [6.45, 7) is 3.01. The minimum Gasteiger partial charge on any atom is -0.484 e. The molecule has 0 saturated heterocycles. The predicted molar refractivity (Wildman–Crippen MR) is 97.1 cm³/mol. The summed E-state index contributed by atoms with van der Waals surface area (Å²) < 4.78 is 16.0. The Bertz CT molecular complexity index is 860.